The van der Waals surface area contributed by atoms with Crippen LogP contribution in [0, 0.1) is 5.82 Å². The van der Waals surface area contributed by atoms with Gasteiger partial charge in [0.05, 0.1) is 25.4 Å². The van der Waals surface area contributed by atoms with Gasteiger partial charge in [-0.1, -0.05) is 6.92 Å². The Labute approximate surface area is 117 Å². The number of nitrogens with one attached hydrogen (secondary N) is 1. The predicted octanol–water partition coefficient (Wildman–Crippen LogP) is 1.46. The molecule has 1 heterocycles. The maximum atomic E-state index is 13.5. The number of rotatable bonds is 4. The average Bonchev–Trinajstić information content (AvgIpc) is 2.43. The zero-order chi connectivity index (χ0) is 14.5. The summed E-state index contributed by atoms with van der Waals surface area (Å²) in [5, 5.41) is 2.57. The first-order valence-electron chi connectivity index (χ1n) is 6.76. The molecule has 0 aliphatic carbocycles. The number of nitrogens with zero attached hydrogens (tertiary/aromatic N) is 1. The summed E-state index contributed by atoms with van der Waals surface area (Å²) in [6.45, 7) is 4.26. The van der Waals surface area contributed by atoms with Crippen molar-refractivity contribution in [2.24, 2.45) is 0 Å². The second-order valence-corrected chi connectivity index (χ2v) is 4.89. The van der Waals surface area contributed by atoms with Gasteiger partial charge in [0.15, 0.2) is 0 Å². The Morgan fingerprint density at radius 1 is 1.60 bits per heavy atom. The molecule has 0 spiro atoms. The molecule has 1 fully saturated rings. The van der Waals surface area contributed by atoms with Gasteiger partial charge in [-0.15, -0.1) is 0 Å². The van der Waals surface area contributed by atoms with Gasteiger partial charge in [-0.05, 0) is 24.6 Å². The number of ether oxygens (including phenoxy) is 1. The van der Waals surface area contributed by atoms with E-state index in [1.165, 1.54) is 18.2 Å². The molecular formula is C14H20FN3O2. The van der Waals surface area contributed by atoms with Crippen molar-refractivity contribution >= 4 is 17.3 Å². The van der Waals surface area contributed by atoms with E-state index in [0.717, 1.165) is 6.42 Å². The van der Waals surface area contributed by atoms with Crippen molar-refractivity contribution < 1.29 is 13.9 Å². The SMILES string of the molecule is CCC1COCCN1CC(=O)Nc1cc(N)ccc1F. The Bertz CT molecular complexity index is 481. The zero-order valence-corrected chi connectivity index (χ0v) is 11.6. The molecule has 20 heavy (non-hydrogen) atoms. The van der Waals surface area contributed by atoms with Gasteiger partial charge in [-0.25, -0.2) is 4.39 Å². The fourth-order valence-corrected chi connectivity index (χ4v) is 2.29. The Hall–Kier alpha value is -1.66. The average molecular weight is 281 g/mol. The lowest BCUT2D eigenvalue weighted by Gasteiger charge is -2.34. The highest BCUT2D eigenvalue weighted by Crippen LogP contribution is 2.17. The summed E-state index contributed by atoms with van der Waals surface area (Å²) in [5.41, 5.74) is 6.12. The van der Waals surface area contributed by atoms with Gasteiger partial charge in [0, 0.05) is 18.3 Å². The maximum Gasteiger partial charge on any atom is 0.238 e. The van der Waals surface area contributed by atoms with E-state index in [2.05, 4.69) is 17.1 Å². The van der Waals surface area contributed by atoms with Crippen LogP contribution in [0.3, 0.4) is 0 Å². The number of amides is 1. The molecule has 1 saturated heterocycles. The summed E-state index contributed by atoms with van der Waals surface area (Å²) in [6.07, 6.45) is 0.917. The van der Waals surface area contributed by atoms with Crippen LogP contribution in [-0.2, 0) is 9.53 Å². The van der Waals surface area contributed by atoms with Gasteiger partial charge in [-0.2, -0.15) is 0 Å². The minimum absolute atomic E-state index is 0.122. The molecule has 1 aliphatic heterocycles. The van der Waals surface area contributed by atoms with Crippen LogP contribution in [0.5, 0.6) is 0 Å². The summed E-state index contributed by atoms with van der Waals surface area (Å²) in [5.74, 6) is -0.726. The van der Waals surface area contributed by atoms with Crippen molar-refractivity contribution in [3.8, 4) is 0 Å². The molecule has 5 nitrogen and oxygen atoms in total. The first-order valence-corrected chi connectivity index (χ1v) is 6.76. The number of nitrogen functional groups attached to an aromatic ring is 1. The van der Waals surface area contributed by atoms with E-state index in [-0.39, 0.29) is 24.2 Å². The molecular weight excluding hydrogens is 261 g/mol. The van der Waals surface area contributed by atoms with Crippen molar-refractivity contribution in [3.05, 3.63) is 24.0 Å². The van der Waals surface area contributed by atoms with E-state index in [0.29, 0.717) is 25.4 Å². The molecule has 2 rings (SSSR count). The third-order valence-corrected chi connectivity index (χ3v) is 3.43. The van der Waals surface area contributed by atoms with Gasteiger partial charge in [-0.3, -0.25) is 9.69 Å². The van der Waals surface area contributed by atoms with E-state index in [9.17, 15) is 9.18 Å². The highest BCUT2D eigenvalue weighted by atomic mass is 19.1. The minimum atomic E-state index is -0.485. The van der Waals surface area contributed by atoms with E-state index in [1.807, 2.05) is 0 Å². The molecule has 110 valence electrons. The molecule has 1 amide bonds. The summed E-state index contributed by atoms with van der Waals surface area (Å²) < 4.78 is 18.9. The summed E-state index contributed by atoms with van der Waals surface area (Å²) in [6, 6.07) is 4.36. The Balaban J connectivity index is 1.96. The van der Waals surface area contributed by atoms with Crippen molar-refractivity contribution in [1.29, 1.82) is 0 Å². The maximum absolute atomic E-state index is 13.5. The summed E-state index contributed by atoms with van der Waals surface area (Å²) in [4.78, 5) is 14.1. The smallest absolute Gasteiger partial charge is 0.238 e. The molecule has 1 aromatic carbocycles. The van der Waals surface area contributed by atoms with E-state index in [4.69, 9.17) is 10.5 Å². The van der Waals surface area contributed by atoms with Crippen molar-refractivity contribution in [3.63, 3.8) is 0 Å². The highest BCUT2D eigenvalue weighted by molar-refractivity contribution is 5.92. The molecule has 1 aliphatic rings. The van der Waals surface area contributed by atoms with Gasteiger partial charge >= 0.3 is 0 Å². The highest BCUT2D eigenvalue weighted by Gasteiger charge is 2.23. The summed E-state index contributed by atoms with van der Waals surface area (Å²) >= 11 is 0. The quantitative estimate of drug-likeness (QED) is 0.820. The Morgan fingerprint density at radius 3 is 3.15 bits per heavy atom. The number of halogens is 1. The molecule has 1 unspecified atom stereocenters. The first-order chi connectivity index (χ1) is 9.60. The Morgan fingerprint density at radius 2 is 2.40 bits per heavy atom. The molecule has 3 N–H and O–H groups in total. The van der Waals surface area contributed by atoms with Crippen molar-refractivity contribution in [2.45, 2.75) is 19.4 Å². The number of carbonyl (C=O) groups excluding carboxylic acids is 1. The van der Waals surface area contributed by atoms with Gasteiger partial charge in [0.25, 0.3) is 0 Å². The van der Waals surface area contributed by atoms with Crippen LogP contribution < -0.4 is 11.1 Å². The third kappa shape index (κ3) is 3.68. The van der Waals surface area contributed by atoms with Gasteiger partial charge in [0.1, 0.15) is 5.82 Å². The van der Waals surface area contributed by atoms with E-state index in [1.54, 1.807) is 0 Å². The number of hydrogen-bond acceptors (Lipinski definition) is 4. The van der Waals surface area contributed by atoms with Crippen LogP contribution >= 0.6 is 0 Å². The van der Waals surface area contributed by atoms with Crippen molar-refractivity contribution in [2.75, 3.05) is 37.4 Å². The lowest BCUT2D eigenvalue weighted by atomic mass is 10.2. The van der Waals surface area contributed by atoms with Crippen LogP contribution in [-0.4, -0.2) is 43.2 Å². The third-order valence-electron chi connectivity index (χ3n) is 3.43. The Kier molecular flexibility index (Phi) is 4.92. The molecule has 1 atom stereocenters. The molecule has 0 aromatic heterocycles. The van der Waals surface area contributed by atoms with E-state index >= 15 is 0 Å². The van der Waals surface area contributed by atoms with E-state index < -0.39 is 5.82 Å². The lowest BCUT2D eigenvalue weighted by molar-refractivity contribution is -0.119. The fourth-order valence-electron chi connectivity index (χ4n) is 2.29. The second-order valence-electron chi connectivity index (χ2n) is 4.89. The normalized spacial score (nSPS) is 19.8. The number of carbonyl (C=O) groups is 1. The molecule has 6 heteroatoms. The lowest BCUT2D eigenvalue weighted by Crippen LogP contribution is -2.48. The van der Waals surface area contributed by atoms with Gasteiger partial charge < -0.3 is 15.8 Å². The fraction of sp³-hybridized carbons (Fsp3) is 0.500. The topological polar surface area (TPSA) is 67.6 Å². The van der Waals surface area contributed by atoms with Crippen LogP contribution in [0.15, 0.2) is 18.2 Å². The van der Waals surface area contributed by atoms with Crippen LogP contribution in [0.25, 0.3) is 0 Å². The van der Waals surface area contributed by atoms with Crippen molar-refractivity contribution in [1.82, 2.24) is 4.90 Å². The number of hydrogen-bond donors (Lipinski definition) is 2. The first kappa shape index (κ1) is 14.7. The van der Waals surface area contributed by atoms with Crippen LogP contribution in [0.4, 0.5) is 15.8 Å². The molecule has 1 aromatic rings. The zero-order valence-electron chi connectivity index (χ0n) is 11.6. The number of morpholine rings is 1. The molecule has 0 radical (unpaired) electrons. The monoisotopic (exact) mass is 281 g/mol. The molecule has 0 bridgehead atoms. The van der Waals surface area contributed by atoms with Crippen LogP contribution in [0.1, 0.15) is 13.3 Å². The predicted molar refractivity (Wildman–Crippen MR) is 75.9 cm³/mol. The number of benzene rings is 1. The minimum Gasteiger partial charge on any atom is -0.399 e. The number of nitrogens with two attached hydrogens (primary N) is 1. The van der Waals surface area contributed by atoms with Gasteiger partial charge in [0.2, 0.25) is 5.91 Å². The number of anilines is 2. The van der Waals surface area contributed by atoms with Crippen LogP contribution in [0.2, 0.25) is 0 Å². The largest absolute Gasteiger partial charge is 0.399 e. The standard InChI is InChI=1S/C14H20FN3O2/c1-2-11-9-20-6-5-18(11)8-14(19)17-13-7-10(16)3-4-12(13)15/h3-4,7,11H,2,5-6,8-9,16H2,1H3,(H,17,19). The second kappa shape index (κ2) is 6.67. The summed E-state index contributed by atoms with van der Waals surface area (Å²) in [7, 11) is 0. The molecule has 0 saturated carbocycles.